The number of anilines is 1. The molecule has 0 amide bonds. The maximum Gasteiger partial charge on any atom is 0.433 e. The van der Waals surface area contributed by atoms with Crippen molar-refractivity contribution in [2.45, 2.75) is 31.6 Å². The van der Waals surface area contributed by atoms with Crippen molar-refractivity contribution >= 4 is 5.82 Å². The van der Waals surface area contributed by atoms with Crippen LogP contribution in [0, 0.1) is 0 Å². The number of nitrogens with one attached hydrogen (secondary N) is 1. The molecule has 0 aliphatic carbocycles. The van der Waals surface area contributed by atoms with Crippen LogP contribution in [0.25, 0.3) is 0 Å². The quantitative estimate of drug-likeness (QED) is 0.913. The molecule has 1 N–H and O–H groups in total. The highest BCUT2D eigenvalue weighted by atomic mass is 19.4. The van der Waals surface area contributed by atoms with E-state index < -0.39 is 11.9 Å². The fourth-order valence-corrected chi connectivity index (χ4v) is 2.73. The fraction of sp³-hybridized carbons (Fsp3) is 0.571. The van der Waals surface area contributed by atoms with Crippen molar-refractivity contribution in [2.24, 2.45) is 7.05 Å². The second-order valence-corrected chi connectivity index (χ2v) is 5.81. The van der Waals surface area contributed by atoms with Crippen molar-refractivity contribution in [3.05, 3.63) is 30.0 Å². The van der Waals surface area contributed by atoms with Crippen LogP contribution in [-0.2, 0) is 19.8 Å². The molecule has 1 aliphatic heterocycles. The zero-order valence-electron chi connectivity index (χ0n) is 13.2. The van der Waals surface area contributed by atoms with Gasteiger partial charge in [0.15, 0.2) is 0 Å². The van der Waals surface area contributed by atoms with E-state index in [4.69, 9.17) is 0 Å². The first-order valence-corrected chi connectivity index (χ1v) is 7.63. The third-order valence-electron chi connectivity index (χ3n) is 3.93. The van der Waals surface area contributed by atoms with E-state index in [0.29, 0.717) is 0 Å². The Hall–Kier alpha value is -2.23. The van der Waals surface area contributed by atoms with Crippen LogP contribution in [0.1, 0.15) is 24.2 Å². The maximum atomic E-state index is 12.7. The largest absolute Gasteiger partial charge is 0.433 e. The van der Waals surface area contributed by atoms with Gasteiger partial charge >= 0.3 is 6.18 Å². The highest BCUT2D eigenvalue weighted by molar-refractivity contribution is 5.36. The van der Waals surface area contributed by atoms with E-state index in [2.05, 4.69) is 30.4 Å². The van der Waals surface area contributed by atoms with Gasteiger partial charge in [-0.05, 0) is 12.8 Å². The highest BCUT2D eigenvalue weighted by Gasteiger charge is 2.33. The van der Waals surface area contributed by atoms with Crippen LogP contribution in [0.15, 0.2) is 18.6 Å². The van der Waals surface area contributed by atoms with Crippen molar-refractivity contribution in [3.8, 4) is 0 Å². The van der Waals surface area contributed by atoms with E-state index in [1.165, 1.54) is 4.80 Å². The number of alkyl halides is 3. The molecule has 3 rings (SSSR count). The molecule has 1 saturated heterocycles. The molecule has 130 valence electrons. The summed E-state index contributed by atoms with van der Waals surface area (Å²) in [5.41, 5.74) is -0.0189. The Balaban J connectivity index is 1.52. The van der Waals surface area contributed by atoms with Gasteiger partial charge in [0.2, 0.25) is 0 Å². The minimum atomic E-state index is -4.46. The minimum absolute atomic E-state index is 0.0964. The molecule has 0 atom stereocenters. The number of likely N-dealkylation sites (tertiary alicyclic amines) is 1. The van der Waals surface area contributed by atoms with Gasteiger partial charge in [-0.25, -0.2) is 9.97 Å². The topological polar surface area (TPSA) is 71.8 Å². The number of rotatable bonds is 4. The van der Waals surface area contributed by atoms with Crippen molar-refractivity contribution in [3.63, 3.8) is 0 Å². The van der Waals surface area contributed by atoms with Crippen molar-refractivity contribution in [1.82, 2.24) is 29.9 Å². The molecule has 10 heteroatoms. The van der Waals surface area contributed by atoms with E-state index >= 15 is 0 Å². The van der Waals surface area contributed by atoms with Gasteiger partial charge in [0.05, 0.1) is 11.9 Å². The van der Waals surface area contributed by atoms with Crippen molar-refractivity contribution < 1.29 is 13.2 Å². The normalized spacial score (nSPS) is 17.2. The molecular weight excluding hydrogens is 323 g/mol. The molecule has 2 aromatic rings. The Morgan fingerprint density at radius 1 is 1.25 bits per heavy atom. The molecule has 24 heavy (non-hydrogen) atoms. The van der Waals surface area contributed by atoms with Crippen LogP contribution in [0.5, 0.6) is 0 Å². The molecule has 0 unspecified atom stereocenters. The Bertz CT molecular complexity index is 677. The van der Waals surface area contributed by atoms with Crippen LogP contribution >= 0.6 is 0 Å². The first-order valence-electron chi connectivity index (χ1n) is 7.63. The van der Waals surface area contributed by atoms with Gasteiger partial charge in [-0.1, -0.05) is 0 Å². The Morgan fingerprint density at radius 2 is 2.00 bits per heavy atom. The number of halogens is 3. The number of piperidine rings is 1. The van der Waals surface area contributed by atoms with E-state index in [1.54, 1.807) is 13.2 Å². The lowest BCUT2D eigenvalue weighted by Gasteiger charge is -2.32. The lowest BCUT2D eigenvalue weighted by molar-refractivity contribution is -0.141. The molecule has 0 spiro atoms. The molecule has 0 aromatic carbocycles. The zero-order valence-corrected chi connectivity index (χ0v) is 13.2. The lowest BCUT2D eigenvalue weighted by Crippen LogP contribution is -2.39. The number of aryl methyl sites for hydroxylation is 1. The fourth-order valence-electron chi connectivity index (χ4n) is 2.73. The van der Waals surface area contributed by atoms with Gasteiger partial charge in [-0.2, -0.15) is 28.2 Å². The Morgan fingerprint density at radius 3 is 2.62 bits per heavy atom. The molecule has 3 heterocycles. The average Bonchev–Trinajstić information content (AvgIpc) is 2.94. The predicted molar refractivity (Wildman–Crippen MR) is 80.0 cm³/mol. The third kappa shape index (κ3) is 4.19. The summed E-state index contributed by atoms with van der Waals surface area (Å²) in [5.74, 6) is 0.213. The number of aromatic nitrogens is 5. The second-order valence-electron chi connectivity index (χ2n) is 5.81. The average molecular weight is 341 g/mol. The van der Waals surface area contributed by atoms with Gasteiger partial charge < -0.3 is 5.32 Å². The van der Waals surface area contributed by atoms with Crippen LogP contribution in [-0.4, -0.2) is 49.0 Å². The van der Waals surface area contributed by atoms with Gasteiger partial charge in [0, 0.05) is 38.8 Å². The zero-order chi connectivity index (χ0) is 17.2. The van der Waals surface area contributed by atoms with Crippen LogP contribution in [0.4, 0.5) is 19.0 Å². The van der Waals surface area contributed by atoms with Crippen molar-refractivity contribution in [2.75, 3.05) is 18.4 Å². The molecule has 0 radical (unpaired) electrons. The Kier molecular flexibility index (Phi) is 4.65. The molecule has 0 saturated carbocycles. The third-order valence-corrected chi connectivity index (χ3v) is 3.93. The lowest BCUT2D eigenvalue weighted by atomic mass is 10.0. The SMILES string of the molecule is Cn1ncc(CN2CCC(Nc3cc(C(F)(F)F)ncn3)CC2)n1. The molecular formula is C14H18F3N7. The van der Waals surface area contributed by atoms with E-state index in [-0.39, 0.29) is 11.9 Å². The molecule has 2 aromatic heterocycles. The Labute approximate surface area is 136 Å². The molecule has 1 aliphatic rings. The van der Waals surface area contributed by atoms with Gasteiger partial charge in [-0.3, -0.25) is 4.90 Å². The second kappa shape index (κ2) is 6.71. The summed E-state index contributed by atoms with van der Waals surface area (Å²) >= 11 is 0. The minimum Gasteiger partial charge on any atom is -0.367 e. The first kappa shape index (κ1) is 16.6. The summed E-state index contributed by atoms with van der Waals surface area (Å²) in [6, 6.07) is 1.05. The van der Waals surface area contributed by atoms with E-state index in [9.17, 15) is 13.2 Å². The van der Waals surface area contributed by atoms with Gasteiger partial charge in [-0.15, -0.1) is 0 Å². The summed E-state index contributed by atoms with van der Waals surface area (Å²) < 4.78 is 38.0. The standard InChI is InChI=1S/C14H18F3N7/c1-23-20-7-11(22-23)8-24-4-2-10(3-5-24)21-13-6-12(14(15,16)17)18-9-19-13/h6-7,9-10H,2-5,8H2,1H3,(H,18,19,21). The summed E-state index contributed by atoms with van der Waals surface area (Å²) in [5, 5.41) is 11.4. The van der Waals surface area contributed by atoms with Crippen LogP contribution < -0.4 is 5.32 Å². The number of hydrogen-bond donors (Lipinski definition) is 1. The maximum absolute atomic E-state index is 12.7. The smallest absolute Gasteiger partial charge is 0.367 e. The molecule has 0 bridgehead atoms. The summed E-state index contributed by atoms with van der Waals surface area (Å²) in [4.78, 5) is 10.9. The number of hydrogen-bond acceptors (Lipinski definition) is 6. The van der Waals surface area contributed by atoms with Crippen molar-refractivity contribution in [1.29, 1.82) is 0 Å². The molecule has 1 fully saturated rings. The van der Waals surface area contributed by atoms with E-state index in [0.717, 1.165) is 50.6 Å². The highest BCUT2D eigenvalue weighted by Crippen LogP contribution is 2.28. The molecule has 7 nitrogen and oxygen atoms in total. The summed E-state index contributed by atoms with van der Waals surface area (Å²) in [7, 11) is 1.77. The monoisotopic (exact) mass is 341 g/mol. The van der Waals surface area contributed by atoms with Gasteiger partial charge in [0.1, 0.15) is 17.8 Å². The summed E-state index contributed by atoms with van der Waals surface area (Å²) in [6.07, 6.45) is -0.130. The predicted octanol–water partition coefficient (Wildman–Crippen LogP) is 1.70. The first-order chi connectivity index (χ1) is 11.4. The van der Waals surface area contributed by atoms with Crippen LogP contribution in [0.2, 0.25) is 0 Å². The van der Waals surface area contributed by atoms with E-state index in [1.807, 2.05) is 0 Å². The van der Waals surface area contributed by atoms with Crippen LogP contribution in [0.3, 0.4) is 0 Å². The van der Waals surface area contributed by atoms with Gasteiger partial charge in [0.25, 0.3) is 0 Å². The number of nitrogens with zero attached hydrogens (tertiary/aromatic N) is 6. The summed E-state index contributed by atoms with van der Waals surface area (Å²) in [6.45, 7) is 2.41.